The van der Waals surface area contributed by atoms with Crippen molar-refractivity contribution in [2.45, 2.75) is 80.0 Å². The summed E-state index contributed by atoms with van der Waals surface area (Å²) < 4.78 is 0. The molecule has 1 aliphatic carbocycles. The molecule has 3 aliphatic heterocycles. The van der Waals surface area contributed by atoms with E-state index in [1.165, 1.54) is 60.8 Å². The summed E-state index contributed by atoms with van der Waals surface area (Å²) in [4.78, 5) is 6.74. The maximum atomic E-state index is 3.50. The van der Waals surface area contributed by atoms with Crippen molar-refractivity contribution in [1.82, 2.24) is 20.4 Å². The van der Waals surface area contributed by atoms with Gasteiger partial charge in [0.2, 0.25) is 0 Å². The first-order chi connectivity index (χ1) is 21.2. The fourth-order valence-electron chi connectivity index (χ4n) is 8.34. The predicted molar refractivity (Wildman–Crippen MR) is 182 cm³/mol. The molecule has 0 bridgehead atoms. The highest BCUT2D eigenvalue weighted by Crippen LogP contribution is 2.61. The topological polar surface area (TPSA) is 30.5 Å². The SMILES string of the molecule is CCCCC12CC(c3cccc(CN4CCNCC4)c3)CCC1Sc1ccc(-c3cccc(CN4CCNCC4)c3)cc12. The van der Waals surface area contributed by atoms with Gasteiger partial charge in [-0.25, -0.2) is 0 Å². The lowest BCUT2D eigenvalue weighted by molar-refractivity contribution is 0.232. The smallest absolute Gasteiger partial charge is 0.0235 e. The molecular formula is C38H50N4S. The second-order valence-electron chi connectivity index (χ2n) is 13.6. The molecule has 0 aromatic heterocycles. The molecule has 3 fully saturated rings. The van der Waals surface area contributed by atoms with E-state index in [-0.39, 0.29) is 5.41 Å². The fraction of sp³-hybridized carbons (Fsp3) is 0.526. The number of hydrogen-bond donors (Lipinski definition) is 2. The lowest BCUT2D eigenvalue weighted by Gasteiger charge is -2.44. The van der Waals surface area contributed by atoms with Gasteiger partial charge in [0.15, 0.2) is 0 Å². The van der Waals surface area contributed by atoms with E-state index in [1.54, 1.807) is 16.0 Å². The first-order valence-electron chi connectivity index (χ1n) is 17.1. The fourth-order valence-corrected chi connectivity index (χ4v) is 10.00. The Kier molecular flexibility index (Phi) is 9.25. The number of piperazine rings is 2. The normalized spacial score (nSPS) is 26.3. The number of nitrogens with one attached hydrogen (secondary N) is 2. The molecule has 7 rings (SSSR count). The highest BCUT2D eigenvalue weighted by atomic mass is 32.2. The van der Waals surface area contributed by atoms with Crippen molar-refractivity contribution in [1.29, 1.82) is 0 Å². The van der Waals surface area contributed by atoms with Crippen LogP contribution in [-0.4, -0.2) is 67.4 Å². The van der Waals surface area contributed by atoms with Crippen LogP contribution >= 0.6 is 11.8 Å². The quantitative estimate of drug-likeness (QED) is 0.278. The molecular weight excluding hydrogens is 545 g/mol. The van der Waals surface area contributed by atoms with E-state index in [9.17, 15) is 0 Å². The minimum atomic E-state index is 0.280. The van der Waals surface area contributed by atoms with Crippen molar-refractivity contribution in [3.63, 3.8) is 0 Å². The second-order valence-corrected chi connectivity index (χ2v) is 14.8. The van der Waals surface area contributed by atoms with Gasteiger partial charge in [0, 0.05) is 81.0 Å². The lowest BCUT2D eigenvalue weighted by atomic mass is 9.62. The Balaban J connectivity index is 1.16. The van der Waals surface area contributed by atoms with Crippen molar-refractivity contribution in [3.8, 4) is 11.1 Å². The van der Waals surface area contributed by atoms with Gasteiger partial charge in [-0.2, -0.15) is 0 Å². The van der Waals surface area contributed by atoms with Crippen LogP contribution in [0, 0.1) is 0 Å². The van der Waals surface area contributed by atoms with E-state index in [2.05, 4.69) is 106 Å². The largest absolute Gasteiger partial charge is 0.314 e. The summed E-state index contributed by atoms with van der Waals surface area (Å²) in [6.07, 6.45) is 7.84. The number of rotatable bonds is 9. The zero-order chi connectivity index (χ0) is 29.1. The van der Waals surface area contributed by atoms with Crippen LogP contribution in [0.4, 0.5) is 0 Å². The van der Waals surface area contributed by atoms with Gasteiger partial charge in [-0.05, 0) is 83.2 Å². The summed E-state index contributed by atoms with van der Waals surface area (Å²) in [5.41, 5.74) is 9.22. The van der Waals surface area contributed by atoms with Crippen molar-refractivity contribution < 1.29 is 0 Å². The average Bonchev–Trinajstić information content (AvgIpc) is 3.38. The van der Waals surface area contributed by atoms with Gasteiger partial charge in [0.05, 0.1) is 0 Å². The number of nitrogens with zero attached hydrogens (tertiary/aromatic N) is 2. The molecule has 5 heteroatoms. The maximum absolute atomic E-state index is 3.50. The number of hydrogen-bond acceptors (Lipinski definition) is 5. The average molecular weight is 595 g/mol. The first-order valence-corrected chi connectivity index (χ1v) is 17.9. The third kappa shape index (κ3) is 6.48. The van der Waals surface area contributed by atoms with Crippen molar-refractivity contribution in [2.24, 2.45) is 0 Å². The van der Waals surface area contributed by atoms with Crippen LogP contribution in [-0.2, 0) is 18.5 Å². The molecule has 0 radical (unpaired) electrons. The van der Waals surface area contributed by atoms with Crippen molar-refractivity contribution in [2.75, 3.05) is 52.4 Å². The number of thioether (sulfide) groups is 1. The molecule has 228 valence electrons. The summed E-state index contributed by atoms with van der Waals surface area (Å²) in [6.45, 7) is 13.5. The first kappa shape index (κ1) is 29.6. The van der Waals surface area contributed by atoms with Crippen molar-refractivity contribution >= 4 is 11.8 Å². The van der Waals surface area contributed by atoms with E-state index >= 15 is 0 Å². The van der Waals surface area contributed by atoms with Crippen LogP contribution in [0.5, 0.6) is 0 Å². The Bertz CT molecular complexity index is 1380. The molecule has 3 unspecified atom stereocenters. The summed E-state index contributed by atoms with van der Waals surface area (Å²) in [7, 11) is 0. The Labute approximate surface area is 264 Å². The minimum Gasteiger partial charge on any atom is -0.314 e. The third-order valence-corrected chi connectivity index (χ3v) is 12.3. The molecule has 1 saturated carbocycles. The van der Waals surface area contributed by atoms with Crippen LogP contribution in [0.2, 0.25) is 0 Å². The zero-order valence-electron chi connectivity index (χ0n) is 26.1. The van der Waals surface area contributed by atoms with Crippen LogP contribution in [0.15, 0.2) is 71.6 Å². The zero-order valence-corrected chi connectivity index (χ0v) is 26.9. The Morgan fingerprint density at radius 2 is 1.44 bits per heavy atom. The summed E-state index contributed by atoms with van der Waals surface area (Å²) in [6, 6.07) is 26.5. The van der Waals surface area contributed by atoms with Gasteiger partial charge < -0.3 is 10.6 Å². The van der Waals surface area contributed by atoms with E-state index in [4.69, 9.17) is 0 Å². The molecule has 4 nitrogen and oxygen atoms in total. The Morgan fingerprint density at radius 1 is 0.767 bits per heavy atom. The molecule has 43 heavy (non-hydrogen) atoms. The minimum absolute atomic E-state index is 0.280. The molecule has 3 aromatic carbocycles. The van der Waals surface area contributed by atoms with Crippen LogP contribution in [0.25, 0.3) is 11.1 Å². The van der Waals surface area contributed by atoms with Crippen LogP contribution in [0.1, 0.15) is 73.6 Å². The molecule has 0 spiro atoms. The van der Waals surface area contributed by atoms with Crippen molar-refractivity contribution in [3.05, 3.63) is 89.0 Å². The Hall–Kier alpha value is -2.15. The molecule has 3 aromatic rings. The molecule has 0 amide bonds. The number of fused-ring (bicyclic) bond motifs is 3. The highest BCUT2D eigenvalue weighted by Gasteiger charge is 2.50. The molecule has 2 saturated heterocycles. The standard InChI is InChI=1S/C38H50N4S/c1-2-3-14-38-26-34(32-9-5-7-30(24-32)28-42-21-17-40-18-22-42)11-13-37(38)43-36-12-10-33(25-35(36)38)31-8-4-6-29(23-31)27-41-19-15-39-16-20-41/h4-10,12,23-25,34,37,39-40H,2-3,11,13-22,26-28H2,1H3. The summed E-state index contributed by atoms with van der Waals surface area (Å²) >= 11 is 2.20. The van der Waals surface area contributed by atoms with Gasteiger partial charge in [-0.15, -0.1) is 11.8 Å². The lowest BCUT2D eigenvalue weighted by Crippen LogP contribution is -2.42. The predicted octanol–water partition coefficient (Wildman–Crippen LogP) is 7.03. The van der Waals surface area contributed by atoms with Crippen LogP contribution in [0.3, 0.4) is 0 Å². The maximum Gasteiger partial charge on any atom is 0.0235 e. The van der Waals surface area contributed by atoms with Gasteiger partial charge in [0.1, 0.15) is 0 Å². The van der Waals surface area contributed by atoms with Crippen LogP contribution < -0.4 is 10.6 Å². The molecule has 4 aliphatic rings. The van der Waals surface area contributed by atoms with E-state index in [1.807, 2.05) is 0 Å². The second kappa shape index (κ2) is 13.5. The van der Waals surface area contributed by atoms with E-state index in [0.717, 1.165) is 65.4 Å². The molecule has 2 N–H and O–H groups in total. The Morgan fingerprint density at radius 3 is 2.16 bits per heavy atom. The molecule has 3 atom stereocenters. The molecule has 3 heterocycles. The van der Waals surface area contributed by atoms with Gasteiger partial charge in [-0.1, -0.05) is 68.3 Å². The summed E-state index contributed by atoms with van der Waals surface area (Å²) in [5.74, 6) is 0.647. The van der Waals surface area contributed by atoms with E-state index < -0.39 is 0 Å². The van der Waals surface area contributed by atoms with Gasteiger partial charge >= 0.3 is 0 Å². The highest BCUT2D eigenvalue weighted by molar-refractivity contribution is 8.00. The summed E-state index contributed by atoms with van der Waals surface area (Å²) in [5, 5.41) is 7.70. The van der Waals surface area contributed by atoms with E-state index in [0.29, 0.717) is 11.2 Å². The number of benzene rings is 3. The monoisotopic (exact) mass is 594 g/mol. The third-order valence-electron chi connectivity index (χ3n) is 10.7. The van der Waals surface area contributed by atoms with Gasteiger partial charge in [0.25, 0.3) is 0 Å². The number of unbranched alkanes of at least 4 members (excludes halogenated alkanes) is 1. The van der Waals surface area contributed by atoms with Gasteiger partial charge in [-0.3, -0.25) is 9.80 Å².